The number of nitrogens with one attached hydrogen (secondary N) is 2. The number of anilines is 3. The lowest BCUT2D eigenvalue weighted by molar-refractivity contribution is 0.255. The van der Waals surface area contributed by atoms with Gasteiger partial charge in [0.1, 0.15) is 0 Å². The van der Waals surface area contributed by atoms with Crippen LogP contribution in [0.1, 0.15) is 26.2 Å². The van der Waals surface area contributed by atoms with Gasteiger partial charge in [-0.2, -0.15) is 15.0 Å². The van der Waals surface area contributed by atoms with Gasteiger partial charge in [0.2, 0.25) is 17.8 Å². The molecule has 0 aromatic carbocycles. The Hall–Kier alpha value is -1.63. The molecule has 0 radical (unpaired) electrons. The standard InChI is InChI=1S/C13H26N6O/c1-5-6-10(7-8-20)9-15-12-16-11(14-2)17-13(18-12)19(3)4/h10,20H,5-9H2,1-4H3,(H2,14,15,16,17,18). The van der Waals surface area contributed by atoms with Crippen LogP contribution in [0.3, 0.4) is 0 Å². The first-order valence-electron chi connectivity index (χ1n) is 7.06. The third-order valence-electron chi connectivity index (χ3n) is 3.03. The first-order valence-corrected chi connectivity index (χ1v) is 7.06. The number of nitrogens with zero attached hydrogens (tertiary/aromatic N) is 4. The van der Waals surface area contributed by atoms with Crippen molar-refractivity contribution in [2.45, 2.75) is 26.2 Å². The van der Waals surface area contributed by atoms with Gasteiger partial charge < -0.3 is 20.6 Å². The first-order chi connectivity index (χ1) is 9.60. The Kier molecular flexibility index (Phi) is 7.00. The Bertz CT molecular complexity index is 392. The zero-order valence-electron chi connectivity index (χ0n) is 12.8. The molecule has 0 spiro atoms. The highest BCUT2D eigenvalue weighted by Crippen LogP contribution is 2.14. The monoisotopic (exact) mass is 282 g/mol. The fourth-order valence-electron chi connectivity index (χ4n) is 1.93. The summed E-state index contributed by atoms with van der Waals surface area (Å²) in [5, 5.41) is 15.2. The van der Waals surface area contributed by atoms with E-state index in [2.05, 4.69) is 32.5 Å². The normalized spacial score (nSPS) is 12.1. The summed E-state index contributed by atoms with van der Waals surface area (Å²) in [6.07, 6.45) is 2.98. The molecule has 0 saturated heterocycles. The van der Waals surface area contributed by atoms with Crippen molar-refractivity contribution in [2.24, 2.45) is 5.92 Å². The molecule has 114 valence electrons. The summed E-state index contributed by atoms with van der Waals surface area (Å²) in [5.41, 5.74) is 0. The van der Waals surface area contributed by atoms with Crippen molar-refractivity contribution < 1.29 is 5.11 Å². The number of hydrogen-bond acceptors (Lipinski definition) is 7. The molecule has 7 heteroatoms. The van der Waals surface area contributed by atoms with E-state index in [4.69, 9.17) is 5.11 Å². The van der Waals surface area contributed by atoms with Crippen LogP contribution in [0, 0.1) is 5.92 Å². The molecule has 0 aliphatic carbocycles. The molecule has 1 unspecified atom stereocenters. The molecule has 1 rings (SSSR count). The van der Waals surface area contributed by atoms with E-state index >= 15 is 0 Å². The van der Waals surface area contributed by atoms with E-state index in [1.807, 2.05) is 19.0 Å². The van der Waals surface area contributed by atoms with Crippen LogP contribution in [0.5, 0.6) is 0 Å². The van der Waals surface area contributed by atoms with Crippen LogP contribution < -0.4 is 15.5 Å². The van der Waals surface area contributed by atoms with E-state index in [0.717, 1.165) is 25.8 Å². The lowest BCUT2D eigenvalue weighted by Gasteiger charge is -2.17. The fraction of sp³-hybridized carbons (Fsp3) is 0.769. The summed E-state index contributed by atoms with van der Waals surface area (Å²) in [6, 6.07) is 0. The third kappa shape index (κ3) is 5.16. The predicted molar refractivity (Wildman–Crippen MR) is 82.3 cm³/mol. The molecule has 1 aromatic heterocycles. The predicted octanol–water partition coefficient (Wildman–Crippen LogP) is 1.19. The summed E-state index contributed by atoms with van der Waals surface area (Å²) in [4.78, 5) is 14.8. The maximum atomic E-state index is 9.07. The number of rotatable bonds is 9. The van der Waals surface area contributed by atoms with Crippen LogP contribution in [0.4, 0.5) is 17.8 Å². The second-order valence-electron chi connectivity index (χ2n) is 4.97. The summed E-state index contributed by atoms with van der Waals surface area (Å²) < 4.78 is 0. The van der Waals surface area contributed by atoms with Crippen LogP contribution in [0.2, 0.25) is 0 Å². The Morgan fingerprint density at radius 2 is 1.85 bits per heavy atom. The first kappa shape index (κ1) is 16.4. The number of hydrogen-bond donors (Lipinski definition) is 3. The molecule has 7 nitrogen and oxygen atoms in total. The third-order valence-corrected chi connectivity index (χ3v) is 3.03. The van der Waals surface area contributed by atoms with Crippen LogP contribution in [0.15, 0.2) is 0 Å². The van der Waals surface area contributed by atoms with Gasteiger partial charge in [-0.05, 0) is 18.8 Å². The van der Waals surface area contributed by atoms with E-state index in [1.54, 1.807) is 7.05 Å². The molecule has 1 aromatic rings. The molecule has 0 saturated carbocycles. The molecular formula is C13H26N6O. The van der Waals surface area contributed by atoms with Gasteiger partial charge in [0.05, 0.1) is 0 Å². The minimum atomic E-state index is 0.217. The Morgan fingerprint density at radius 1 is 1.15 bits per heavy atom. The van der Waals surface area contributed by atoms with E-state index in [-0.39, 0.29) is 6.61 Å². The highest BCUT2D eigenvalue weighted by Gasteiger charge is 2.10. The van der Waals surface area contributed by atoms with E-state index in [9.17, 15) is 0 Å². The Morgan fingerprint density at radius 3 is 2.40 bits per heavy atom. The quantitative estimate of drug-likeness (QED) is 0.627. The average Bonchev–Trinajstić information content (AvgIpc) is 2.44. The second kappa shape index (κ2) is 8.52. The summed E-state index contributed by atoms with van der Waals surface area (Å²) in [6.45, 7) is 3.12. The second-order valence-corrected chi connectivity index (χ2v) is 4.97. The minimum absolute atomic E-state index is 0.217. The maximum Gasteiger partial charge on any atom is 0.231 e. The van der Waals surface area contributed by atoms with Gasteiger partial charge in [-0.1, -0.05) is 13.3 Å². The van der Waals surface area contributed by atoms with Gasteiger partial charge in [0, 0.05) is 34.3 Å². The molecule has 0 aliphatic heterocycles. The smallest absolute Gasteiger partial charge is 0.231 e. The van der Waals surface area contributed by atoms with Crippen LogP contribution in [-0.4, -0.2) is 54.4 Å². The molecule has 1 atom stereocenters. The topological polar surface area (TPSA) is 86.2 Å². The Labute approximate surface area is 120 Å². The van der Waals surface area contributed by atoms with Crippen LogP contribution in [0.25, 0.3) is 0 Å². The van der Waals surface area contributed by atoms with Crippen molar-refractivity contribution in [1.29, 1.82) is 0 Å². The van der Waals surface area contributed by atoms with Gasteiger partial charge in [-0.25, -0.2) is 0 Å². The highest BCUT2D eigenvalue weighted by atomic mass is 16.3. The number of aromatic nitrogens is 3. The molecule has 3 N–H and O–H groups in total. The highest BCUT2D eigenvalue weighted by molar-refractivity contribution is 5.42. The lowest BCUT2D eigenvalue weighted by atomic mass is 10.0. The van der Waals surface area contributed by atoms with Crippen molar-refractivity contribution in [2.75, 3.05) is 49.8 Å². The summed E-state index contributed by atoms with van der Waals surface area (Å²) >= 11 is 0. The van der Waals surface area contributed by atoms with Gasteiger partial charge in [0.25, 0.3) is 0 Å². The van der Waals surface area contributed by atoms with Crippen molar-refractivity contribution in [3.63, 3.8) is 0 Å². The molecule has 0 bridgehead atoms. The molecule has 0 amide bonds. The fourth-order valence-corrected chi connectivity index (χ4v) is 1.93. The zero-order valence-corrected chi connectivity index (χ0v) is 12.8. The molecule has 1 heterocycles. The summed E-state index contributed by atoms with van der Waals surface area (Å²) in [7, 11) is 5.57. The van der Waals surface area contributed by atoms with Crippen LogP contribution >= 0.6 is 0 Å². The van der Waals surface area contributed by atoms with E-state index in [0.29, 0.717) is 23.8 Å². The van der Waals surface area contributed by atoms with Gasteiger partial charge in [-0.3, -0.25) is 0 Å². The average molecular weight is 282 g/mol. The van der Waals surface area contributed by atoms with Crippen LogP contribution in [-0.2, 0) is 0 Å². The maximum absolute atomic E-state index is 9.07. The number of aliphatic hydroxyl groups is 1. The van der Waals surface area contributed by atoms with Crippen molar-refractivity contribution in [3.8, 4) is 0 Å². The summed E-state index contributed by atoms with van der Waals surface area (Å²) in [5.74, 6) is 2.15. The number of aliphatic hydroxyl groups excluding tert-OH is 1. The largest absolute Gasteiger partial charge is 0.396 e. The van der Waals surface area contributed by atoms with Gasteiger partial charge >= 0.3 is 0 Å². The molecule has 20 heavy (non-hydrogen) atoms. The van der Waals surface area contributed by atoms with E-state index in [1.165, 1.54) is 0 Å². The molecular weight excluding hydrogens is 256 g/mol. The SMILES string of the molecule is CCCC(CCO)CNc1nc(NC)nc(N(C)C)n1. The van der Waals surface area contributed by atoms with Crippen molar-refractivity contribution >= 4 is 17.8 Å². The van der Waals surface area contributed by atoms with Gasteiger partial charge in [-0.15, -0.1) is 0 Å². The zero-order chi connectivity index (χ0) is 15.0. The lowest BCUT2D eigenvalue weighted by Crippen LogP contribution is -2.20. The molecule has 0 aliphatic rings. The van der Waals surface area contributed by atoms with Crippen molar-refractivity contribution in [1.82, 2.24) is 15.0 Å². The van der Waals surface area contributed by atoms with E-state index < -0.39 is 0 Å². The van der Waals surface area contributed by atoms with Gasteiger partial charge in [0.15, 0.2) is 0 Å². The molecule has 0 fully saturated rings. The minimum Gasteiger partial charge on any atom is -0.396 e. The Balaban J connectivity index is 2.72. The van der Waals surface area contributed by atoms with Crippen molar-refractivity contribution in [3.05, 3.63) is 0 Å².